The molecule has 5 nitrogen and oxygen atoms in total. The van der Waals surface area contributed by atoms with Gasteiger partial charge in [-0.15, -0.1) is 0 Å². The lowest BCUT2D eigenvalue weighted by atomic mass is 9.92. The summed E-state index contributed by atoms with van der Waals surface area (Å²) in [6, 6.07) is 10.8. The molecule has 0 bridgehead atoms. The molecule has 2 aromatic rings. The molecule has 4 rings (SSSR count). The fourth-order valence-corrected chi connectivity index (χ4v) is 4.96. The number of fused-ring (bicyclic) bond motifs is 1. The van der Waals surface area contributed by atoms with Crippen molar-refractivity contribution >= 4 is 16.9 Å². The number of furan rings is 1. The smallest absolute Gasteiger partial charge is 0.222 e. The highest BCUT2D eigenvalue weighted by molar-refractivity contribution is 5.77. The average molecular weight is 398 g/mol. The molecule has 3 heterocycles. The summed E-state index contributed by atoms with van der Waals surface area (Å²) < 4.78 is 6.00. The zero-order chi connectivity index (χ0) is 20.2. The van der Waals surface area contributed by atoms with Gasteiger partial charge in [0.2, 0.25) is 5.91 Å². The third-order valence-corrected chi connectivity index (χ3v) is 6.85. The second kappa shape index (κ2) is 9.31. The third-order valence-electron chi connectivity index (χ3n) is 6.85. The van der Waals surface area contributed by atoms with Crippen molar-refractivity contribution in [1.82, 2.24) is 14.7 Å². The van der Waals surface area contributed by atoms with Crippen LogP contribution in [0, 0.1) is 5.92 Å². The molecule has 1 aromatic carbocycles. The second-order valence-electron chi connectivity index (χ2n) is 9.07. The van der Waals surface area contributed by atoms with E-state index in [1.54, 1.807) is 0 Å². The van der Waals surface area contributed by atoms with Gasteiger partial charge >= 0.3 is 0 Å². The Bertz CT molecular complexity index is 776. The molecular weight excluding hydrogens is 362 g/mol. The van der Waals surface area contributed by atoms with Crippen molar-refractivity contribution in [3.63, 3.8) is 0 Å². The summed E-state index contributed by atoms with van der Waals surface area (Å²) in [7, 11) is 4.17. The zero-order valence-corrected chi connectivity index (χ0v) is 18.0. The topological polar surface area (TPSA) is 39.9 Å². The molecule has 158 valence electrons. The second-order valence-corrected chi connectivity index (χ2v) is 9.07. The van der Waals surface area contributed by atoms with Crippen molar-refractivity contribution in [1.29, 1.82) is 0 Å². The van der Waals surface area contributed by atoms with E-state index in [0.29, 0.717) is 24.3 Å². The van der Waals surface area contributed by atoms with E-state index in [2.05, 4.69) is 35.0 Å². The summed E-state index contributed by atoms with van der Waals surface area (Å²) in [5, 5.41) is 1.18. The molecule has 2 aliphatic rings. The van der Waals surface area contributed by atoms with Crippen LogP contribution in [-0.4, -0.2) is 66.9 Å². The van der Waals surface area contributed by atoms with Crippen LogP contribution in [-0.2, 0) is 11.3 Å². The third kappa shape index (κ3) is 5.20. The average Bonchev–Trinajstić information content (AvgIpc) is 3.14. The number of likely N-dealkylation sites (tertiary alicyclic amines) is 2. The van der Waals surface area contributed by atoms with Gasteiger partial charge in [0.25, 0.3) is 0 Å². The fourth-order valence-electron chi connectivity index (χ4n) is 4.96. The van der Waals surface area contributed by atoms with Gasteiger partial charge in [-0.05, 0) is 76.8 Å². The Hall–Kier alpha value is -1.85. The maximum atomic E-state index is 12.7. The first-order valence-corrected chi connectivity index (χ1v) is 11.2. The van der Waals surface area contributed by atoms with E-state index in [0.717, 1.165) is 63.3 Å². The molecular formula is C24H35N3O2. The Morgan fingerprint density at radius 3 is 2.76 bits per heavy atom. The van der Waals surface area contributed by atoms with Crippen molar-refractivity contribution in [2.45, 2.75) is 51.1 Å². The molecule has 2 saturated heterocycles. The highest BCUT2D eigenvalue weighted by Crippen LogP contribution is 2.26. The molecule has 1 aromatic heterocycles. The number of benzene rings is 1. The molecule has 0 radical (unpaired) electrons. The number of nitrogens with zero attached hydrogens (tertiary/aromatic N) is 3. The van der Waals surface area contributed by atoms with Crippen molar-refractivity contribution in [2.24, 2.45) is 5.92 Å². The molecule has 2 aliphatic heterocycles. The maximum Gasteiger partial charge on any atom is 0.222 e. The number of amides is 1. The quantitative estimate of drug-likeness (QED) is 0.739. The largest absolute Gasteiger partial charge is 0.460 e. The number of hydrogen-bond acceptors (Lipinski definition) is 4. The van der Waals surface area contributed by atoms with E-state index in [9.17, 15) is 4.79 Å². The van der Waals surface area contributed by atoms with E-state index in [-0.39, 0.29) is 0 Å². The van der Waals surface area contributed by atoms with Crippen LogP contribution in [0.5, 0.6) is 0 Å². The summed E-state index contributed by atoms with van der Waals surface area (Å²) in [5.41, 5.74) is 0.971. The summed E-state index contributed by atoms with van der Waals surface area (Å²) in [5.74, 6) is 1.99. The van der Waals surface area contributed by atoms with E-state index in [1.807, 2.05) is 24.1 Å². The number of carbonyl (C=O) groups is 1. The van der Waals surface area contributed by atoms with Gasteiger partial charge in [0.1, 0.15) is 11.3 Å². The van der Waals surface area contributed by atoms with Crippen LogP contribution in [0.2, 0.25) is 0 Å². The van der Waals surface area contributed by atoms with Gasteiger partial charge in [-0.25, -0.2) is 0 Å². The standard InChI is InChI=1S/C24H35N3O2/c1-25-14-11-21(12-15-25)26(2)24(28)10-9-19-6-5-13-27(17-19)18-22-16-20-7-3-4-8-23(20)29-22/h3-4,7-8,16,19,21H,5-6,9-15,17-18H2,1-2H3/t19-/m0/s1. The molecule has 29 heavy (non-hydrogen) atoms. The van der Waals surface area contributed by atoms with Gasteiger partial charge in [-0.3, -0.25) is 9.69 Å². The molecule has 5 heteroatoms. The molecule has 0 saturated carbocycles. The Morgan fingerprint density at radius 2 is 1.97 bits per heavy atom. The Balaban J connectivity index is 1.24. The summed E-state index contributed by atoms with van der Waals surface area (Å²) in [6.45, 7) is 5.26. The number of para-hydroxylation sites is 1. The highest BCUT2D eigenvalue weighted by atomic mass is 16.3. The van der Waals surface area contributed by atoms with Crippen molar-refractivity contribution < 1.29 is 9.21 Å². The Labute approximate surface area is 174 Å². The fraction of sp³-hybridized carbons (Fsp3) is 0.625. The van der Waals surface area contributed by atoms with Crippen molar-refractivity contribution in [3.8, 4) is 0 Å². The molecule has 0 spiro atoms. The van der Waals surface area contributed by atoms with E-state index < -0.39 is 0 Å². The highest BCUT2D eigenvalue weighted by Gasteiger charge is 2.26. The number of piperidine rings is 2. The predicted molar refractivity (Wildman–Crippen MR) is 117 cm³/mol. The van der Waals surface area contributed by atoms with Crippen molar-refractivity contribution in [2.75, 3.05) is 40.3 Å². The van der Waals surface area contributed by atoms with Crippen LogP contribution >= 0.6 is 0 Å². The van der Waals surface area contributed by atoms with Gasteiger partial charge < -0.3 is 14.2 Å². The lowest BCUT2D eigenvalue weighted by molar-refractivity contribution is -0.133. The van der Waals surface area contributed by atoms with Crippen LogP contribution in [0.4, 0.5) is 0 Å². The van der Waals surface area contributed by atoms with Gasteiger partial charge in [0.05, 0.1) is 6.54 Å². The number of carbonyl (C=O) groups excluding carboxylic acids is 1. The minimum atomic E-state index is 0.328. The first-order valence-electron chi connectivity index (χ1n) is 11.2. The normalized spacial score (nSPS) is 22.2. The van der Waals surface area contributed by atoms with Crippen LogP contribution < -0.4 is 0 Å². The molecule has 0 N–H and O–H groups in total. The molecule has 1 atom stereocenters. The predicted octanol–water partition coefficient (Wildman–Crippen LogP) is 3.98. The summed E-state index contributed by atoms with van der Waals surface area (Å²) in [4.78, 5) is 19.6. The number of rotatable bonds is 6. The summed E-state index contributed by atoms with van der Waals surface area (Å²) >= 11 is 0. The monoisotopic (exact) mass is 397 g/mol. The molecule has 0 aliphatic carbocycles. The lowest BCUT2D eigenvalue weighted by Gasteiger charge is -2.36. The minimum absolute atomic E-state index is 0.328. The van der Waals surface area contributed by atoms with Gasteiger partial charge in [0.15, 0.2) is 0 Å². The van der Waals surface area contributed by atoms with Gasteiger partial charge in [-0.2, -0.15) is 0 Å². The van der Waals surface area contributed by atoms with Crippen molar-refractivity contribution in [3.05, 3.63) is 36.1 Å². The molecule has 0 unspecified atom stereocenters. The molecule has 1 amide bonds. The Kier molecular flexibility index (Phi) is 6.56. The Morgan fingerprint density at radius 1 is 1.17 bits per heavy atom. The first-order chi connectivity index (χ1) is 14.1. The van der Waals surface area contributed by atoms with Gasteiger partial charge in [0, 0.05) is 31.4 Å². The lowest BCUT2D eigenvalue weighted by Crippen LogP contribution is -2.44. The SMILES string of the molecule is CN1CCC(N(C)C(=O)CC[C@@H]2CCCN(Cc3cc4ccccc4o3)C2)CC1. The maximum absolute atomic E-state index is 12.7. The number of hydrogen-bond donors (Lipinski definition) is 0. The van der Waals surface area contributed by atoms with Crippen LogP contribution in [0.25, 0.3) is 11.0 Å². The summed E-state index contributed by atoms with van der Waals surface area (Å²) in [6.07, 6.45) is 6.35. The zero-order valence-electron chi connectivity index (χ0n) is 18.0. The first kappa shape index (κ1) is 20.4. The van der Waals surface area contributed by atoms with E-state index in [4.69, 9.17) is 4.42 Å². The van der Waals surface area contributed by atoms with Crippen LogP contribution in [0.1, 0.15) is 44.3 Å². The minimum Gasteiger partial charge on any atom is -0.460 e. The van der Waals surface area contributed by atoms with Gasteiger partial charge in [-0.1, -0.05) is 18.2 Å². The van der Waals surface area contributed by atoms with Crippen LogP contribution in [0.3, 0.4) is 0 Å². The van der Waals surface area contributed by atoms with E-state index in [1.165, 1.54) is 18.2 Å². The molecule has 2 fully saturated rings. The van der Waals surface area contributed by atoms with Crippen LogP contribution in [0.15, 0.2) is 34.7 Å². The van der Waals surface area contributed by atoms with E-state index >= 15 is 0 Å².